The van der Waals surface area contributed by atoms with Crippen LogP contribution in [-0.2, 0) is 20.1 Å². The maximum absolute atomic E-state index is 14.2. The van der Waals surface area contributed by atoms with Crippen molar-refractivity contribution >= 4 is 79.9 Å². The van der Waals surface area contributed by atoms with E-state index in [2.05, 4.69) is 73.6 Å². The standard InChI is InChI=1S/C49H45N3O7S2/c1-6-51(7-2)34-17-22-40-44(27-34)59-45-28-35(52(8-3)9-4)18-23-41(45)49(40)42-24-19-36(29-46(42)61(55,56)57)60(53,54)50(5)30-58-43-25-16-31-14-20-38-37-13-11-10-12-32(37)26-33-15-21-39(43)47(31)48(33)38/h10-29H,6-9,30H2,1-5H3. The van der Waals surface area contributed by atoms with Crippen LogP contribution in [0, 0.1) is 0 Å². The summed E-state index contributed by atoms with van der Waals surface area (Å²) in [7, 11) is -8.23. The highest BCUT2D eigenvalue weighted by Gasteiger charge is 2.28. The van der Waals surface area contributed by atoms with Gasteiger partial charge in [0.2, 0.25) is 15.4 Å². The topological polar surface area (TPSA) is 123 Å². The second-order valence-corrected chi connectivity index (χ2v) is 18.6. The van der Waals surface area contributed by atoms with Crippen LogP contribution in [0.2, 0.25) is 0 Å². The third-order valence-electron chi connectivity index (χ3n) is 12.0. The molecule has 12 heteroatoms. The van der Waals surface area contributed by atoms with Crippen molar-refractivity contribution in [3.63, 3.8) is 0 Å². The fraction of sp³-hybridized carbons (Fsp3) is 0.204. The Morgan fingerprint density at radius 2 is 1.34 bits per heavy atom. The Morgan fingerprint density at radius 1 is 0.656 bits per heavy atom. The Morgan fingerprint density at radius 3 is 2.10 bits per heavy atom. The summed E-state index contributed by atoms with van der Waals surface area (Å²) in [5, 5.41) is 9.99. The lowest BCUT2D eigenvalue weighted by molar-refractivity contribution is 0.224. The van der Waals surface area contributed by atoms with Crippen molar-refractivity contribution in [2.75, 3.05) is 44.9 Å². The minimum absolute atomic E-state index is 0.0752. The number of nitrogens with zero attached hydrogens (tertiary/aromatic N) is 3. The quantitative estimate of drug-likeness (QED) is 0.0392. The van der Waals surface area contributed by atoms with E-state index < -0.39 is 25.0 Å². The summed E-state index contributed by atoms with van der Waals surface area (Å²) in [5.41, 5.74) is 2.51. The van der Waals surface area contributed by atoms with Crippen LogP contribution in [0.3, 0.4) is 0 Å². The molecule has 10 nitrogen and oxygen atoms in total. The first-order valence-corrected chi connectivity index (χ1v) is 23.3. The van der Waals surface area contributed by atoms with E-state index in [1.165, 1.54) is 19.2 Å². The third kappa shape index (κ3) is 6.84. The van der Waals surface area contributed by atoms with Crippen LogP contribution in [0.5, 0.6) is 5.75 Å². The van der Waals surface area contributed by atoms with E-state index in [0.29, 0.717) is 33.6 Å². The summed E-state index contributed by atoms with van der Waals surface area (Å²) in [6.07, 6.45) is 0. The van der Waals surface area contributed by atoms with E-state index in [0.717, 1.165) is 90.7 Å². The molecule has 7 aromatic carbocycles. The Labute approximate surface area is 355 Å². The summed E-state index contributed by atoms with van der Waals surface area (Å²) >= 11 is 0. The van der Waals surface area contributed by atoms with Crippen molar-refractivity contribution in [2.24, 2.45) is 0 Å². The number of anilines is 1. The number of rotatable bonds is 12. The van der Waals surface area contributed by atoms with Crippen molar-refractivity contribution in [1.29, 1.82) is 0 Å². The Bertz CT molecular complexity index is 3440. The number of sulfonamides is 1. The van der Waals surface area contributed by atoms with E-state index in [1.807, 2.05) is 66.7 Å². The second kappa shape index (κ2) is 15.4. The molecule has 9 rings (SSSR count). The van der Waals surface area contributed by atoms with Crippen molar-refractivity contribution in [1.82, 2.24) is 8.88 Å². The normalized spacial score (nSPS) is 12.5. The van der Waals surface area contributed by atoms with Crippen molar-refractivity contribution < 1.29 is 30.5 Å². The van der Waals surface area contributed by atoms with Gasteiger partial charge in [-0.15, -0.1) is 0 Å². The Hall–Kier alpha value is -6.05. The summed E-state index contributed by atoms with van der Waals surface area (Å²) in [5.74, 6) is 0.989. The van der Waals surface area contributed by atoms with Crippen molar-refractivity contribution in [3.8, 4) is 28.2 Å². The number of hydrogen-bond acceptors (Lipinski definition) is 8. The summed E-state index contributed by atoms with van der Waals surface area (Å²) in [6, 6.07) is 37.6. The van der Waals surface area contributed by atoms with Gasteiger partial charge in [-0.05, 0) is 109 Å². The molecule has 0 saturated heterocycles. The molecule has 0 radical (unpaired) electrons. The van der Waals surface area contributed by atoms with Gasteiger partial charge < -0.3 is 18.6 Å². The first kappa shape index (κ1) is 40.4. The number of benzene rings is 8. The molecule has 1 heterocycles. The Balaban J connectivity index is 1.12. The van der Waals surface area contributed by atoms with Crippen LogP contribution < -0.4 is 19.6 Å². The van der Waals surface area contributed by atoms with Gasteiger partial charge in [-0.25, -0.2) is 21.4 Å². The monoisotopic (exact) mass is 851 g/mol. The van der Waals surface area contributed by atoms with Crippen LogP contribution in [0.1, 0.15) is 27.7 Å². The molecule has 0 saturated carbocycles. The smallest absolute Gasteiger partial charge is 0.245 e. The molecule has 1 aliphatic carbocycles. The maximum Gasteiger partial charge on any atom is 0.245 e. The van der Waals surface area contributed by atoms with E-state index in [-0.39, 0.29) is 17.2 Å². The van der Waals surface area contributed by atoms with Gasteiger partial charge in [-0.3, -0.25) is 0 Å². The predicted molar refractivity (Wildman–Crippen MR) is 244 cm³/mol. The first-order chi connectivity index (χ1) is 29.4. The van der Waals surface area contributed by atoms with Crippen molar-refractivity contribution in [3.05, 3.63) is 127 Å². The molecule has 0 aromatic heterocycles. The van der Waals surface area contributed by atoms with Crippen LogP contribution in [0.4, 0.5) is 5.69 Å². The van der Waals surface area contributed by atoms with Gasteiger partial charge >= 0.3 is 0 Å². The fourth-order valence-electron chi connectivity index (χ4n) is 8.87. The molecule has 0 N–H and O–H groups in total. The molecule has 1 aliphatic heterocycles. The number of hydrogen-bond donors (Lipinski definition) is 0. The lowest BCUT2D eigenvalue weighted by Crippen LogP contribution is -2.31. The number of fused-ring (bicyclic) bond motifs is 4. The summed E-state index contributed by atoms with van der Waals surface area (Å²) in [4.78, 5) is 1.15. The highest BCUT2D eigenvalue weighted by molar-refractivity contribution is 7.89. The zero-order valence-corrected chi connectivity index (χ0v) is 36.2. The molecule has 0 fully saturated rings. The third-order valence-corrected chi connectivity index (χ3v) is 14.7. The van der Waals surface area contributed by atoms with Gasteiger partial charge in [0, 0.05) is 70.8 Å². The van der Waals surface area contributed by atoms with Gasteiger partial charge in [-0.1, -0.05) is 54.6 Å². The first-order valence-electron chi connectivity index (χ1n) is 20.5. The highest BCUT2D eigenvalue weighted by Crippen LogP contribution is 2.44. The maximum atomic E-state index is 14.2. The second-order valence-electron chi connectivity index (χ2n) is 15.3. The number of ether oxygens (including phenoxy) is 1. The van der Waals surface area contributed by atoms with Gasteiger partial charge in [0.25, 0.3) is 0 Å². The Kier molecular flexibility index (Phi) is 10.2. The molecule has 0 spiro atoms. The average molecular weight is 852 g/mol. The van der Waals surface area contributed by atoms with E-state index in [4.69, 9.17) is 9.15 Å². The lowest BCUT2D eigenvalue weighted by Gasteiger charge is -2.24. The predicted octanol–water partition coefficient (Wildman–Crippen LogP) is 9.47. The molecule has 0 amide bonds. The molecule has 310 valence electrons. The summed E-state index contributed by atoms with van der Waals surface area (Å²) in [6.45, 7) is 10.9. The molecular formula is C49H45N3O7S2. The van der Waals surface area contributed by atoms with Crippen LogP contribution >= 0.6 is 0 Å². The van der Waals surface area contributed by atoms with Crippen LogP contribution in [-0.4, -0.2) is 65.7 Å². The minimum atomic E-state index is -5.22. The highest BCUT2D eigenvalue weighted by atomic mass is 32.2. The molecule has 0 unspecified atom stereocenters. The summed E-state index contributed by atoms with van der Waals surface area (Å²) < 4.78 is 84.0. The van der Waals surface area contributed by atoms with E-state index >= 15 is 0 Å². The SMILES string of the molecule is CCN(CC)c1ccc2c(-c3ccc(S(=O)(=O)N(C)COc4ccc5ccc6c7ccccc7cc7ccc4c5c76)cc3S(=O)(=O)[O-])c3ccc(=[N+](CC)CC)cc-3oc2c1. The fourth-order valence-corrected chi connectivity index (χ4v) is 10.7. The lowest BCUT2D eigenvalue weighted by atomic mass is 9.91. The van der Waals surface area contributed by atoms with Gasteiger partial charge in [-0.2, -0.15) is 4.31 Å². The van der Waals surface area contributed by atoms with Crippen molar-refractivity contribution in [2.45, 2.75) is 37.5 Å². The van der Waals surface area contributed by atoms with Crippen LogP contribution in [0.15, 0.2) is 136 Å². The molecule has 0 atom stereocenters. The largest absolute Gasteiger partial charge is 0.744 e. The molecule has 0 bridgehead atoms. The van der Waals surface area contributed by atoms with Crippen LogP contribution in [0.25, 0.3) is 76.5 Å². The zero-order valence-electron chi connectivity index (χ0n) is 34.6. The molecular weight excluding hydrogens is 807 g/mol. The molecule has 61 heavy (non-hydrogen) atoms. The zero-order chi connectivity index (χ0) is 42.8. The molecule has 7 aromatic rings. The van der Waals surface area contributed by atoms with Gasteiger partial charge in [0.15, 0.2) is 6.73 Å². The van der Waals surface area contributed by atoms with Gasteiger partial charge in [0.05, 0.1) is 15.9 Å². The minimum Gasteiger partial charge on any atom is -0.744 e. The van der Waals surface area contributed by atoms with E-state index in [9.17, 15) is 21.4 Å². The molecule has 2 aliphatic rings. The average Bonchev–Trinajstić information content (AvgIpc) is 3.26. The van der Waals surface area contributed by atoms with E-state index in [1.54, 1.807) is 0 Å². The van der Waals surface area contributed by atoms with Gasteiger partial charge in [0.1, 0.15) is 40.3 Å².